The highest BCUT2D eigenvalue weighted by Crippen LogP contribution is 2.25. The maximum Gasteiger partial charge on any atom is 0.310 e. The number of nitrogens with one attached hydrogen (secondary N) is 1. The molecule has 1 aromatic rings. The van der Waals surface area contributed by atoms with Crippen LogP contribution in [0.1, 0.15) is 6.92 Å². The number of hydrogen-bond acceptors (Lipinski definition) is 5. The second-order valence-electron chi connectivity index (χ2n) is 4.71. The van der Waals surface area contributed by atoms with Crippen molar-refractivity contribution in [1.82, 2.24) is 10.2 Å². The second-order valence-corrected chi connectivity index (χ2v) is 4.71. The zero-order valence-electron chi connectivity index (χ0n) is 11.2. The number of carbonyl (C=O) groups excluding carboxylic acids is 1. The topological polar surface area (TPSA) is 84.7 Å². The van der Waals surface area contributed by atoms with Crippen molar-refractivity contribution in [2.45, 2.75) is 13.0 Å². The van der Waals surface area contributed by atoms with Crippen molar-refractivity contribution in [2.24, 2.45) is 0 Å². The first-order valence-electron chi connectivity index (χ1n) is 6.45. The minimum absolute atomic E-state index is 0.119. The number of rotatable bonds is 4. The number of amides is 1. The van der Waals surface area contributed by atoms with Gasteiger partial charge in [-0.05, 0) is 13.0 Å². The van der Waals surface area contributed by atoms with Crippen LogP contribution in [-0.4, -0.2) is 48.0 Å². The van der Waals surface area contributed by atoms with Crippen LogP contribution in [0.4, 0.5) is 5.69 Å². The Balaban J connectivity index is 1.95. The maximum atomic E-state index is 12.0. The molecule has 20 heavy (non-hydrogen) atoms. The Kier molecular flexibility index (Phi) is 4.52. The smallest absolute Gasteiger partial charge is 0.310 e. The molecule has 108 valence electrons. The fraction of sp³-hybridized carbons (Fsp3) is 0.462. The van der Waals surface area contributed by atoms with Gasteiger partial charge in [0.25, 0.3) is 5.91 Å². The Morgan fingerprint density at radius 1 is 1.55 bits per heavy atom. The van der Waals surface area contributed by atoms with E-state index in [1.165, 1.54) is 12.1 Å². The van der Waals surface area contributed by atoms with E-state index < -0.39 is 4.92 Å². The van der Waals surface area contributed by atoms with Gasteiger partial charge in [0.15, 0.2) is 12.4 Å². The number of hydrogen-bond donors (Lipinski definition) is 1. The summed E-state index contributed by atoms with van der Waals surface area (Å²) in [6, 6.07) is 6.29. The van der Waals surface area contributed by atoms with Crippen LogP contribution in [0.2, 0.25) is 0 Å². The van der Waals surface area contributed by atoms with Gasteiger partial charge in [0.05, 0.1) is 4.92 Å². The number of nitro benzene ring substituents is 1. The normalized spacial score (nSPS) is 18.6. The van der Waals surface area contributed by atoms with Crippen LogP contribution in [0.3, 0.4) is 0 Å². The van der Waals surface area contributed by atoms with Crippen LogP contribution in [0.15, 0.2) is 24.3 Å². The van der Waals surface area contributed by atoms with Crippen LogP contribution < -0.4 is 10.1 Å². The van der Waals surface area contributed by atoms with E-state index in [-0.39, 0.29) is 30.0 Å². The van der Waals surface area contributed by atoms with Gasteiger partial charge < -0.3 is 15.0 Å². The fourth-order valence-electron chi connectivity index (χ4n) is 2.12. The molecule has 1 aromatic carbocycles. The van der Waals surface area contributed by atoms with Crippen molar-refractivity contribution in [1.29, 1.82) is 0 Å². The van der Waals surface area contributed by atoms with Crippen LogP contribution in [0.25, 0.3) is 0 Å². The number of ether oxygens (including phenoxy) is 1. The molecule has 0 radical (unpaired) electrons. The molecule has 1 unspecified atom stereocenters. The van der Waals surface area contributed by atoms with Gasteiger partial charge in [-0.3, -0.25) is 14.9 Å². The lowest BCUT2D eigenvalue weighted by molar-refractivity contribution is -0.385. The minimum Gasteiger partial charge on any atom is -0.477 e. The molecule has 1 heterocycles. The van der Waals surface area contributed by atoms with Gasteiger partial charge in [0.1, 0.15) is 0 Å². The second kappa shape index (κ2) is 6.33. The molecular formula is C13H17N3O4. The van der Waals surface area contributed by atoms with Crippen molar-refractivity contribution in [2.75, 3.05) is 26.2 Å². The predicted molar refractivity (Wildman–Crippen MR) is 72.6 cm³/mol. The van der Waals surface area contributed by atoms with Crippen molar-refractivity contribution in [3.8, 4) is 5.75 Å². The first-order chi connectivity index (χ1) is 9.58. The third-order valence-corrected chi connectivity index (χ3v) is 3.13. The lowest BCUT2D eigenvalue weighted by atomic mass is 10.2. The molecular weight excluding hydrogens is 262 g/mol. The Bertz CT molecular complexity index is 506. The molecule has 2 rings (SSSR count). The van der Waals surface area contributed by atoms with Crippen molar-refractivity contribution >= 4 is 11.6 Å². The van der Waals surface area contributed by atoms with Gasteiger partial charge in [-0.25, -0.2) is 0 Å². The summed E-state index contributed by atoms with van der Waals surface area (Å²) in [5, 5.41) is 14.1. The molecule has 7 nitrogen and oxygen atoms in total. The number of nitrogens with zero attached hydrogens (tertiary/aromatic N) is 2. The Morgan fingerprint density at radius 2 is 2.30 bits per heavy atom. The Morgan fingerprint density at radius 3 is 3.00 bits per heavy atom. The van der Waals surface area contributed by atoms with Gasteiger partial charge in [0, 0.05) is 31.7 Å². The Hall–Kier alpha value is -2.15. The highest BCUT2D eigenvalue weighted by Gasteiger charge is 2.22. The lowest BCUT2D eigenvalue weighted by Gasteiger charge is -2.31. The molecule has 1 aliphatic rings. The zero-order valence-corrected chi connectivity index (χ0v) is 11.2. The first-order valence-corrected chi connectivity index (χ1v) is 6.45. The summed E-state index contributed by atoms with van der Waals surface area (Å²) in [7, 11) is 0. The molecule has 0 bridgehead atoms. The van der Waals surface area contributed by atoms with E-state index in [1.54, 1.807) is 17.0 Å². The third-order valence-electron chi connectivity index (χ3n) is 3.13. The number of nitro groups is 1. The lowest BCUT2D eigenvalue weighted by Crippen LogP contribution is -2.52. The third kappa shape index (κ3) is 3.45. The van der Waals surface area contributed by atoms with Gasteiger partial charge in [-0.2, -0.15) is 0 Å². The van der Waals surface area contributed by atoms with Crippen LogP contribution in [0.5, 0.6) is 5.75 Å². The highest BCUT2D eigenvalue weighted by atomic mass is 16.6. The van der Waals surface area contributed by atoms with Crippen LogP contribution in [-0.2, 0) is 4.79 Å². The molecule has 0 spiro atoms. The van der Waals surface area contributed by atoms with Gasteiger partial charge >= 0.3 is 5.69 Å². The predicted octanol–water partition coefficient (Wildman–Crippen LogP) is 0.794. The maximum absolute atomic E-state index is 12.0. The van der Waals surface area contributed by atoms with E-state index in [1.807, 2.05) is 6.92 Å². The van der Waals surface area contributed by atoms with Crippen LogP contribution >= 0.6 is 0 Å². The van der Waals surface area contributed by atoms with E-state index in [9.17, 15) is 14.9 Å². The van der Waals surface area contributed by atoms with Gasteiger partial charge in [-0.15, -0.1) is 0 Å². The summed E-state index contributed by atoms with van der Waals surface area (Å²) >= 11 is 0. The van der Waals surface area contributed by atoms with Crippen molar-refractivity contribution in [3.63, 3.8) is 0 Å². The standard InChI is InChI=1S/C13H17N3O4/c1-10-8-15(7-6-14-10)13(17)9-20-12-5-3-2-4-11(12)16(18)19/h2-5,10,14H,6-9H2,1H3. The molecule has 1 aliphatic heterocycles. The first kappa shape index (κ1) is 14.3. The van der Waals surface area contributed by atoms with E-state index >= 15 is 0 Å². The summed E-state index contributed by atoms with van der Waals surface area (Å²) in [4.78, 5) is 24.0. The molecule has 0 aliphatic carbocycles. The van der Waals surface area contributed by atoms with Gasteiger partial charge in [0.2, 0.25) is 0 Å². The SMILES string of the molecule is CC1CN(C(=O)COc2ccccc2[N+](=O)[O-])CCN1. The summed E-state index contributed by atoms with van der Waals surface area (Å²) < 4.78 is 5.30. The molecule has 1 amide bonds. The van der Waals surface area contributed by atoms with Crippen molar-refractivity contribution < 1.29 is 14.5 Å². The summed E-state index contributed by atoms with van der Waals surface area (Å²) in [5.74, 6) is -0.0365. The molecule has 1 N–H and O–H groups in total. The summed E-state index contributed by atoms with van der Waals surface area (Å²) in [5.41, 5.74) is -0.131. The van der Waals surface area contributed by atoms with E-state index in [2.05, 4.69) is 5.32 Å². The largest absolute Gasteiger partial charge is 0.477 e. The number of para-hydroxylation sites is 2. The van der Waals surface area contributed by atoms with Gasteiger partial charge in [-0.1, -0.05) is 12.1 Å². The van der Waals surface area contributed by atoms with Crippen LogP contribution in [0, 0.1) is 10.1 Å². The minimum atomic E-state index is -0.521. The van der Waals surface area contributed by atoms with E-state index in [0.29, 0.717) is 13.1 Å². The molecule has 1 saturated heterocycles. The average molecular weight is 279 g/mol. The quantitative estimate of drug-likeness (QED) is 0.650. The molecule has 1 fully saturated rings. The Labute approximate surface area is 116 Å². The number of benzene rings is 1. The zero-order chi connectivity index (χ0) is 14.5. The average Bonchev–Trinajstić information content (AvgIpc) is 2.45. The van der Waals surface area contributed by atoms with E-state index in [0.717, 1.165) is 6.54 Å². The van der Waals surface area contributed by atoms with Crippen molar-refractivity contribution in [3.05, 3.63) is 34.4 Å². The number of carbonyl (C=O) groups is 1. The molecule has 7 heteroatoms. The summed E-state index contributed by atoms with van der Waals surface area (Å²) in [6.07, 6.45) is 0. The number of piperazine rings is 1. The monoisotopic (exact) mass is 279 g/mol. The van der Waals surface area contributed by atoms with E-state index in [4.69, 9.17) is 4.74 Å². The highest BCUT2D eigenvalue weighted by molar-refractivity contribution is 5.78. The molecule has 0 saturated carbocycles. The molecule has 0 aromatic heterocycles. The fourth-order valence-corrected chi connectivity index (χ4v) is 2.12. The molecule has 1 atom stereocenters. The summed E-state index contributed by atoms with van der Waals surface area (Å²) in [6.45, 7) is 3.82.